The fourth-order valence-corrected chi connectivity index (χ4v) is 2.05. The first-order valence-corrected chi connectivity index (χ1v) is 6.85. The molecule has 0 amide bonds. The smallest absolute Gasteiger partial charge is 0.338 e. The van der Waals surface area contributed by atoms with Crippen LogP contribution in [-0.2, 0) is 11.3 Å². The molecule has 0 saturated heterocycles. The Bertz CT molecular complexity index is 676. The monoisotopic (exact) mass is 353 g/mol. The van der Waals surface area contributed by atoms with Crippen LogP contribution in [0, 0.1) is 5.82 Å². The Morgan fingerprint density at radius 3 is 2.71 bits per heavy atom. The number of nitrogen functional groups attached to an aromatic ring is 1. The molecule has 0 atom stereocenters. The van der Waals surface area contributed by atoms with Gasteiger partial charge in [-0.05, 0) is 36.4 Å². The van der Waals surface area contributed by atoms with Gasteiger partial charge in [0.2, 0.25) is 0 Å². The molecule has 0 saturated carbocycles. The van der Waals surface area contributed by atoms with Gasteiger partial charge in [0.25, 0.3) is 0 Å². The Balaban J connectivity index is 2.08. The lowest BCUT2D eigenvalue weighted by atomic mass is 10.2. The van der Waals surface area contributed by atoms with Crippen LogP contribution in [0.15, 0.2) is 40.9 Å². The molecule has 0 aromatic heterocycles. The van der Waals surface area contributed by atoms with Crippen LogP contribution in [0.2, 0.25) is 0 Å². The Morgan fingerprint density at radius 2 is 2.05 bits per heavy atom. The third kappa shape index (κ3) is 3.72. The van der Waals surface area contributed by atoms with E-state index in [0.717, 1.165) is 16.1 Å². The van der Waals surface area contributed by atoms with Gasteiger partial charge in [0, 0.05) is 10.0 Å². The van der Waals surface area contributed by atoms with Crippen molar-refractivity contribution in [3.05, 3.63) is 57.8 Å². The zero-order valence-corrected chi connectivity index (χ0v) is 12.8. The molecule has 110 valence electrons. The lowest BCUT2D eigenvalue weighted by Crippen LogP contribution is -2.07. The molecule has 0 aliphatic carbocycles. The summed E-state index contributed by atoms with van der Waals surface area (Å²) in [6.45, 7) is 0.0634. The standard InChI is InChI=1S/C15H13BrFNO3/c1-20-11-3-4-12(16)10(6-11)8-21-15(19)9-2-5-13(17)14(18)7-9/h2-7H,8,18H2,1H3. The van der Waals surface area contributed by atoms with E-state index in [0.29, 0.717) is 5.75 Å². The predicted octanol–water partition coefficient (Wildman–Crippen LogP) is 3.54. The van der Waals surface area contributed by atoms with E-state index in [4.69, 9.17) is 15.2 Å². The van der Waals surface area contributed by atoms with Crippen molar-refractivity contribution in [2.75, 3.05) is 12.8 Å². The minimum atomic E-state index is -0.573. The largest absolute Gasteiger partial charge is 0.497 e. The molecule has 0 heterocycles. The number of hydrogen-bond donors (Lipinski definition) is 1. The van der Waals surface area contributed by atoms with Gasteiger partial charge in [-0.1, -0.05) is 15.9 Å². The zero-order chi connectivity index (χ0) is 15.4. The second-order valence-corrected chi connectivity index (χ2v) is 5.12. The van der Waals surface area contributed by atoms with Crippen molar-refractivity contribution >= 4 is 27.6 Å². The third-order valence-electron chi connectivity index (χ3n) is 2.84. The fourth-order valence-electron chi connectivity index (χ4n) is 1.69. The molecule has 0 fully saturated rings. The number of methoxy groups -OCH3 is 1. The van der Waals surface area contributed by atoms with Crippen LogP contribution in [0.3, 0.4) is 0 Å². The van der Waals surface area contributed by atoms with E-state index in [1.54, 1.807) is 25.3 Å². The van der Waals surface area contributed by atoms with E-state index >= 15 is 0 Å². The number of carbonyl (C=O) groups excluding carboxylic acids is 1. The summed E-state index contributed by atoms with van der Waals surface area (Å²) in [5.74, 6) is -0.478. The number of benzene rings is 2. The molecule has 0 radical (unpaired) electrons. The summed E-state index contributed by atoms with van der Waals surface area (Å²) >= 11 is 3.37. The minimum Gasteiger partial charge on any atom is -0.497 e. The molecular formula is C15H13BrFNO3. The van der Waals surface area contributed by atoms with E-state index in [1.165, 1.54) is 12.1 Å². The van der Waals surface area contributed by atoms with Crippen LogP contribution in [-0.4, -0.2) is 13.1 Å². The molecule has 6 heteroatoms. The summed E-state index contributed by atoms with van der Waals surface area (Å²) in [6.07, 6.45) is 0. The normalized spacial score (nSPS) is 10.2. The third-order valence-corrected chi connectivity index (χ3v) is 3.62. The van der Waals surface area contributed by atoms with Crippen LogP contribution in [0.25, 0.3) is 0 Å². The summed E-state index contributed by atoms with van der Waals surface area (Å²) in [5.41, 5.74) is 6.29. The van der Waals surface area contributed by atoms with E-state index in [2.05, 4.69) is 15.9 Å². The van der Waals surface area contributed by atoms with Gasteiger partial charge in [0.1, 0.15) is 18.2 Å². The SMILES string of the molecule is COc1ccc(Br)c(COC(=O)c2ccc(F)c(N)c2)c1. The van der Waals surface area contributed by atoms with Crippen LogP contribution in [0.5, 0.6) is 5.75 Å². The van der Waals surface area contributed by atoms with Gasteiger partial charge in [0.15, 0.2) is 0 Å². The van der Waals surface area contributed by atoms with Crippen LogP contribution >= 0.6 is 15.9 Å². The lowest BCUT2D eigenvalue weighted by molar-refractivity contribution is 0.0471. The first-order valence-electron chi connectivity index (χ1n) is 6.06. The van der Waals surface area contributed by atoms with E-state index in [1.807, 2.05) is 0 Å². The Labute approximate surface area is 129 Å². The maximum Gasteiger partial charge on any atom is 0.338 e. The maximum absolute atomic E-state index is 13.1. The topological polar surface area (TPSA) is 61.5 Å². The van der Waals surface area contributed by atoms with Crippen LogP contribution in [0.1, 0.15) is 15.9 Å². The van der Waals surface area contributed by atoms with Crippen molar-refractivity contribution in [3.8, 4) is 5.75 Å². The lowest BCUT2D eigenvalue weighted by Gasteiger charge is -2.09. The predicted molar refractivity (Wildman–Crippen MR) is 80.6 cm³/mol. The molecule has 2 N–H and O–H groups in total. The Hall–Kier alpha value is -2.08. The number of anilines is 1. The van der Waals surface area contributed by atoms with E-state index in [-0.39, 0.29) is 17.9 Å². The molecule has 2 aromatic carbocycles. The summed E-state index contributed by atoms with van der Waals surface area (Å²) in [6, 6.07) is 9.06. The summed E-state index contributed by atoms with van der Waals surface area (Å²) in [4.78, 5) is 11.9. The quantitative estimate of drug-likeness (QED) is 0.674. The highest BCUT2D eigenvalue weighted by atomic mass is 79.9. The van der Waals surface area contributed by atoms with Crippen molar-refractivity contribution in [1.82, 2.24) is 0 Å². The highest BCUT2D eigenvalue weighted by Gasteiger charge is 2.11. The van der Waals surface area contributed by atoms with Crippen LogP contribution < -0.4 is 10.5 Å². The van der Waals surface area contributed by atoms with Gasteiger partial charge in [-0.2, -0.15) is 0 Å². The number of hydrogen-bond acceptors (Lipinski definition) is 4. The first-order chi connectivity index (χ1) is 10.0. The maximum atomic E-state index is 13.1. The van der Waals surface area contributed by atoms with Crippen molar-refractivity contribution in [3.63, 3.8) is 0 Å². The van der Waals surface area contributed by atoms with Crippen molar-refractivity contribution in [2.45, 2.75) is 6.61 Å². The highest BCUT2D eigenvalue weighted by Crippen LogP contribution is 2.23. The van der Waals surface area contributed by atoms with Gasteiger partial charge in [0.05, 0.1) is 18.4 Å². The average Bonchev–Trinajstić information content (AvgIpc) is 2.49. The summed E-state index contributed by atoms with van der Waals surface area (Å²) in [5, 5.41) is 0. The molecule has 2 aromatic rings. The zero-order valence-electron chi connectivity index (χ0n) is 11.2. The number of halogens is 2. The van der Waals surface area contributed by atoms with Gasteiger partial charge < -0.3 is 15.2 Å². The molecular weight excluding hydrogens is 341 g/mol. The van der Waals surface area contributed by atoms with Gasteiger partial charge >= 0.3 is 5.97 Å². The number of nitrogens with two attached hydrogens (primary N) is 1. The van der Waals surface area contributed by atoms with Crippen molar-refractivity contribution in [1.29, 1.82) is 0 Å². The second kappa shape index (κ2) is 6.58. The molecule has 21 heavy (non-hydrogen) atoms. The van der Waals surface area contributed by atoms with Crippen molar-refractivity contribution in [2.24, 2.45) is 0 Å². The first kappa shape index (κ1) is 15.3. The summed E-state index contributed by atoms with van der Waals surface area (Å²) < 4.78 is 24.2. The highest BCUT2D eigenvalue weighted by molar-refractivity contribution is 9.10. The molecule has 2 rings (SSSR count). The molecule has 0 spiro atoms. The Kier molecular flexibility index (Phi) is 4.80. The molecule has 0 aliphatic rings. The molecule has 0 unspecified atom stereocenters. The van der Waals surface area contributed by atoms with Gasteiger partial charge in [-0.25, -0.2) is 9.18 Å². The number of esters is 1. The van der Waals surface area contributed by atoms with Crippen LogP contribution in [0.4, 0.5) is 10.1 Å². The van der Waals surface area contributed by atoms with Gasteiger partial charge in [-0.15, -0.1) is 0 Å². The fraction of sp³-hybridized carbons (Fsp3) is 0.133. The molecule has 0 bridgehead atoms. The second-order valence-electron chi connectivity index (χ2n) is 4.27. The number of carbonyl (C=O) groups is 1. The Morgan fingerprint density at radius 1 is 1.29 bits per heavy atom. The average molecular weight is 354 g/mol. The summed E-state index contributed by atoms with van der Waals surface area (Å²) in [7, 11) is 1.56. The molecule has 0 aliphatic heterocycles. The van der Waals surface area contributed by atoms with E-state index < -0.39 is 11.8 Å². The van der Waals surface area contributed by atoms with Crippen molar-refractivity contribution < 1.29 is 18.7 Å². The van der Waals surface area contributed by atoms with E-state index in [9.17, 15) is 9.18 Å². The number of rotatable bonds is 4. The molecule has 4 nitrogen and oxygen atoms in total. The minimum absolute atomic E-state index is 0.0634. The van der Waals surface area contributed by atoms with Gasteiger partial charge in [-0.3, -0.25) is 0 Å². The number of ether oxygens (including phenoxy) is 2.